The van der Waals surface area contributed by atoms with E-state index in [4.69, 9.17) is 18.3 Å². The normalized spacial score (nSPS) is 40.6. The number of carbonyl (C=O) groups excluding carboxylic acids is 3. The summed E-state index contributed by atoms with van der Waals surface area (Å²) in [4.78, 5) is 42.2. The second-order valence-corrected chi connectivity index (χ2v) is 24.8. The molecule has 2 bridgehead atoms. The van der Waals surface area contributed by atoms with Crippen molar-refractivity contribution in [3.05, 3.63) is 11.3 Å². The van der Waals surface area contributed by atoms with Gasteiger partial charge < -0.3 is 28.5 Å². The molecule has 0 amide bonds. The topological polar surface area (TPSA) is 129 Å². The molecule has 0 aromatic carbocycles. The molecule has 1 heterocycles. The largest absolute Gasteiger partial charge is 0.493 e. The molecule has 0 spiro atoms. The quantitative estimate of drug-likeness (QED) is 0.145. The number of fused-ring (bicyclic) bond motifs is 5. The van der Waals surface area contributed by atoms with Crippen LogP contribution in [0.5, 0.6) is 0 Å². The summed E-state index contributed by atoms with van der Waals surface area (Å²) >= 11 is 0. The summed E-state index contributed by atoms with van der Waals surface area (Å²) in [6.45, 7) is 20.1. The number of Topliss-reactive ketones (excluding diaryl/α,β-unsaturated/α-hetero) is 2. The Morgan fingerprint density at radius 2 is 1.48 bits per heavy atom. The monoisotopic (exact) mass is 680 g/mol. The van der Waals surface area contributed by atoms with Gasteiger partial charge in [-0.15, -0.1) is 0 Å². The fraction of sp³-hybridized carbons (Fsp3) is 0.857. The number of hydrogen-bond donors (Lipinski definition) is 2. The predicted molar refractivity (Wildman–Crippen MR) is 181 cm³/mol. The van der Waals surface area contributed by atoms with Crippen molar-refractivity contribution in [2.24, 2.45) is 28.6 Å². The van der Waals surface area contributed by atoms with Gasteiger partial charge in [-0.2, -0.15) is 0 Å². The molecule has 1 aliphatic heterocycles. The maximum absolute atomic E-state index is 15.4. The first-order valence-corrected chi connectivity index (χ1v) is 22.8. The molecule has 3 fully saturated rings. The Balaban J connectivity index is 2.10. The van der Waals surface area contributed by atoms with Crippen LogP contribution >= 0.6 is 0 Å². The van der Waals surface area contributed by atoms with Gasteiger partial charge in [-0.3, -0.25) is 14.4 Å². The molecule has 9 nitrogen and oxygen atoms in total. The van der Waals surface area contributed by atoms with Crippen LogP contribution < -0.4 is 0 Å². The number of rotatable bonds is 13. The Labute approximate surface area is 278 Å². The maximum atomic E-state index is 15.4. The van der Waals surface area contributed by atoms with Gasteiger partial charge in [-0.25, -0.2) is 0 Å². The van der Waals surface area contributed by atoms with E-state index in [1.165, 1.54) is 7.11 Å². The Kier molecular flexibility index (Phi) is 10.6. The minimum Gasteiger partial charge on any atom is -0.493 e. The van der Waals surface area contributed by atoms with Crippen LogP contribution in [0, 0.1) is 28.6 Å². The lowest BCUT2D eigenvalue weighted by Gasteiger charge is -2.68. The summed E-state index contributed by atoms with van der Waals surface area (Å²) in [6.07, 6.45) is -1.36. The van der Waals surface area contributed by atoms with Crippen molar-refractivity contribution in [3.8, 4) is 0 Å². The zero-order valence-electron chi connectivity index (χ0n) is 30.2. The van der Waals surface area contributed by atoms with Crippen molar-refractivity contribution in [2.45, 2.75) is 148 Å². The van der Waals surface area contributed by atoms with Gasteiger partial charge in [0, 0.05) is 30.1 Å². The zero-order valence-corrected chi connectivity index (χ0v) is 32.2. The van der Waals surface area contributed by atoms with Crippen LogP contribution in [-0.2, 0) is 32.7 Å². The average molecular weight is 681 g/mol. The minimum atomic E-state index is -2.35. The molecule has 0 aromatic rings. The highest BCUT2D eigenvalue weighted by molar-refractivity contribution is 6.74. The number of ether oxygens (including phenoxy) is 2. The Morgan fingerprint density at radius 1 is 0.957 bits per heavy atom. The summed E-state index contributed by atoms with van der Waals surface area (Å²) < 4.78 is 26.3. The lowest BCUT2D eigenvalue weighted by Crippen LogP contribution is -2.80. The molecule has 2 saturated carbocycles. The lowest BCUT2D eigenvalue weighted by molar-refractivity contribution is -0.331. The predicted octanol–water partition coefficient (Wildman–Crippen LogP) is 5.59. The molecule has 262 valence electrons. The van der Waals surface area contributed by atoms with E-state index in [1.807, 2.05) is 20.8 Å². The zero-order chi connectivity index (χ0) is 34.7. The van der Waals surface area contributed by atoms with Crippen LogP contribution in [0.2, 0.25) is 36.3 Å². The highest BCUT2D eigenvalue weighted by atomic mass is 28.4. The van der Waals surface area contributed by atoms with Crippen molar-refractivity contribution in [3.63, 3.8) is 0 Å². The summed E-state index contributed by atoms with van der Waals surface area (Å²) in [7, 11) is -3.10. The maximum Gasteiger partial charge on any atom is 0.206 e. The van der Waals surface area contributed by atoms with Crippen LogP contribution in [0.1, 0.15) is 82.1 Å². The fourth-order valence-corrected chi connectivity index (χ4v) is 15.9. The van der Waals surface area contributed by atoms with Gasteiger partial charge in [0.05, 0.1) is 49.0 Å². The van der Waals surface area contributed by atoms with E-state index >= 15 is 4.79 Å². The summed E-state index contributed by atoms with van der Waals surface area (Å²) in [5, 5.41) is 25.8. The van der Waals surface area contributed by atoms with Gasteiger partial charge >= 0.3 is 0 Å². The van der Waals surface area contributed by atoms with Crippen LogP contribution in [0.15, 0.2) is 11.3 Å². The van der Waals surface area contributed by atoms with E-state index in [-0.39, 0.29) is 43.2 Å². The number of ketones is 2. The summed E-state index contributed by atoms with van der Waals surface area (Å²) in [5.74, 6) is -3.96. The van der Waals surface area contributed by atoms with Gasteiger partial charge in [0.1, 0.15) is 5.60 Å². The number of allylic oxidation sites excluding steroid dienone is 1. The molecule has 2 N–H and O–H groups in total. The van der Waals surface area contributed by atoms with Gasteiger partial charge in [0.15, 0.2) is 28.7 Å². The Hall–Kier alpha value is -1.22. The lowest BCUT2D eigenvalue weighted by atomic mass is 9.42. The van der Waals surface area contributed by atoms with Crippen molar-refractivity contribution < 1.29 is 42.9 Å². The molecule has 9 atom stereocenters. The molecule has 0 aromatic heterocycles. The number of carbonyl (C=O) groups is 3. The molecule has 9 unspecified atom stereocenters. The van der Waals surface area contributed by atoms with Crippen molar-refractivity contribution >= 4 is 34.5 Å². The first kappa shape index (κ1) is 37.6. The van der Waals surface area contributed by atoms with E-state index in [0.29, 0.717) is 5.57 Å². The average Bonchev–Trinajstić information content (AvgIpc) is 3.04. The third-order valence-electron chi connectivity index (χ3n) is 13.7. The second kappa shape index (κ2) is 12.9. The van der Waals surface area contributed by atoms with Crippen LogP contribution in [-0.4, -0.2) is 87.9 Å². The summed E-state index contributed by atoms with van der Waals surface area (Å²) in [6, 6.07) is 5.15. The van der Waals surface area contributed by atoms with Gasteiger partial charge in [-0.05, 0) is 48.8 Å². The van der Waals surface area contributed by atoms with Crippen molar-refractivity contribution in [2.75, 3.05) is 13.7 Å². The van der Waals surface area contributed by atoms with Crippen LogP contribution in [0.3, 0.4) is 0 Å². The molecule has 46 heavy (non-hydrogen) atoms. The molecule has 4 rings (SSSR count). The van der Waals surface area contributed by atoms with Gasteiger partial charge in [0.2, 0.25) is 11.6 Å². The molecular weight excluding hydrogens is 621 g/mol. The molecule has 3 aliphatic carbocycles. The smallest absolute Gasteiger partial charge is 0.206 e. The van der Waals surface area contributed by atoms with E-state index in [1.54, 1.807) is 6.92 Å². The van der Waals surface area contributed by atoms with Crippen molar-refractivity contribution in [1.82, 2.24) is 0 Å². The van der Waals surface area contributed by atoms with E-state index in [9.17, 15) is 19.8 Å². The number of hydrogen-bond acceptors (Lipinski definition) is 9. The van der Waals surface area contributed by atoms with E-state index < -0.39 is 74.6 Å². The number of aliphatic hydroxyl groups is 2. The highest BCUT2D eigenvalue weighted by Crippen LogP contribution is 2.66. The Morgan fingerprint density at radius 3 is 1.91 bits per heavy atom. The van der Waals surface area contributed by atoms with Crippen LogP contribution in [0.25, 0.3) is 0 Å². The fourth-order valence-electron chi connectivity index (χ4n) is 10.0. The SMILES string of the molecule is CC[Si](CC)(CC)OC1CC2(O)C(C(=O)C=O)C3C4(O)COC4CC(O[Si](CC)(CC)CC)C3(C)C(=O)/C(OC)=C(/C1C)C2(C)C. The third kappa shape index (κ3) is 5.12. The first-order chi connectivity index (χ1) is 21.5. The number of aldehydes is 1. The van der Waals surface area contributed by atoms with Crippen molar-refractivity contribution in [1.29, 1.82) is 0 Å². The molecule has 11 heteroatoms. The Bertz CT molecular complexity index is 1210. The highest BCUT2D eigenvalue weighted by Gasteiger charge is 2.76. The standard InChI is InChI=1S/C35H60O9Si2/c1-12-45(13-2,14-3)43-24-19-35(40)28(23(37)20-36)30-33(10,31(38)29(41-11)27(22(24)7)32(35,8)9)25(18-26-34(30,39)21-42-26)44-46(15-4,16-5)17-6/h20,22,24-26,28,30,39-40H,12-19,21H2,1-11H3/b29-27+. The van der Waals surface area contributed by atoms with Crippen LogP contribution in [0.4, 0.5) is 0 Å². The molecule has 1 saturated heterocycles. The third-order valence-corrected chi connectivity index (χ3v) is 23.0. The molecular formula is C35H60O9Si2. The van der Waals surface area contributed by atoms with E-state index in [0.717, 1.165) is 36.3 Å². The first-order valence-electron chi connectivity index (χ1n) is 17.7. The molecule has 0 radical (unpaired) electrons. The molecule has 4 aliphatic rings. The summed E-state index contributed by atoms with van der Waals surface area (Å²) in [5.41, 5.74) is -5.60. The van der Waals surface area contributed by atoms with E-state index in [2.05, 4.69) is 41.5 Å². The second-order valence-electron chi connectivity index (χ2n) is 15.4. The van der Waals surface area contributed by atoms with Gasteiger partial charge in [0.25, 0.3) is 0 Å². The number of methoxy groups -OCH3 is 1. The van der Waals surface area contributed by atoms with Gasteiger partial charge in [-0.1, -0.05) is 62.3 Å². The minimum absolute atomic E-state index is 0.0755.